The van der Waals surface area contributed by atoms with E-state index in [2.05, 4.69) is 24.1 Å². The van der Waals surface area contributed by atoms with Crippen LogP contribution in [-0.4, -0.2) is 170 Å². The molecule has 0 radical (unpaired) electrons. The van der Waals surface area contributed by atoms with E-state index in [1.165, 1.54) is 83.2 Å². The number of nitro groups is 3. The standard InChI is InChI=1S/C28H24ClFN4O4S.C25H23FN4O5S.C25H22FN3O5S.C24H22FN5O6S/c1-16-12-20-23(14-21(16)30)34(15-18-13-17-8-4-6-10-22(17)31-27(18)29)26(28(36)32-39(37,38)33(2)3)25(20)19-9-5-7-11-24(19)35;1-15-8-11-21-19(12-15)23(18-6-4-5-7-22(18)31)24(25(32)27-36(35)28(2)3)29(21)14-16-13-17(30(33)34)9-10-20(16)26;1-3-35(34)27-25(31)24-23(18-6-4-5-7-22(18)30)19-12-15(2)8-11-21(19)28(24)14-16-13-17(29(32)33)9-10-20(16)26;1-14-6-9-20-18(11-14)21(17-5-4-10-26-23(17)31)22(24(32)27-37(35,36)28(2)3)29(20)13-15-12-16(30(33)34)7-8-19(15)25/h4-10,12-14H,11,15H2,1-3H3,(H,32,36);4-6,8-13H,7,14H2,1-3H3,(H,27,32);4-6,8-13H,3,7,14H2,1-2H3,(H,27,31);4-12H,13H2,1-3H3,(H,26,31)(H,27,32). The summed E-state index contributed by atoms with van der Waals surface area (Å²) in [5.41, 5.74) is 5.84. The van der Waals surface area contributed by atoms with Crippen LogP contribution in [0.1, 0.15) is 129 Å². The van der Waals surface area contributed by atoms with E-state index >= 15 is 0 Å². The molecule has 0 saturated carbocycles. The Balaban J connectivity index is 0.000000155. The van der Waals surface area contributed by atoms with Gasteiger partial charge in [-0.05, 0) is 124 Å². The molecule has 2 atom stereocenters. The molecule has 0 aliphatic heterocycles. The largest absolute Gasteiger partial charge is 0.331 e. The molecule has 3 aliphatic carbocycles. The van der Waals surface area contributed by atoms with E-state index in [4.69, 9.17) is 11.6 Å². The zero-order chi connectivity index (χ0) is 107. The Morgan fingerprint density at radius 3 is 1.22 bits per heavy atom. The predicted molar refractivity (Wildman–Crippen MR) is 551 cm³/mol. The number of pyridine rings is 2. The van der Waals surface area contributed by atoms with Gasteiger partial charge in [-0.25, -0.2) is 44.7 Å². The molecular formula is C102H91ClF4N16O20S4. The van der Waals surface area contributed by atoms with Crippen LogP contribution in [0.2, 0.25) is 5.15 Å². The second-order valence-electron chi connectivity index (χ2n) is 34.5. The van der Waals surface area contributed by atoms with Crippen molar-refractivity contribution in [1.29, 1.82) is 0 Å². The number of non-ortho nitro benzene ring substituents is 3. The average molecular weight is 2100 g/mol. The third kappa shape index (κ3) is 22.9. The first-order chi connectivity index (χ1) is 69.7. The fourth-order valence-corrected chi connectivity index (χ4v) is 18.9. The summed E-state index contributed by atoms with van der Waals surface area (Å²) in [5.74, 6) is -6.59. The van der Waals surface area contributed by atoms with Gasteiger partial charge >= 0.3 is 20.4 Å². The van der Waals surface area contributed by atoms with Gasteiger partial charge < -0.3 is 23.3 Å². The first-order valence-corrected chi connectivity index (χ1v) is 50.4. The third-order valence-electron chi connectivity index (χ3n) is 23.9. The molecule has 4 amide bonds. The summed E-state index contributed by atoms with van der Waals surface area (Å²) in [6.07, 6.45) is 16.9. The maximum absolute atomic E-state index is 14.9. The topological polar surface area (TPSA) is 475 Å². The van der Waals surface area contributed by atoms with Crippen LogP contribution in [0, 0.1) is 81.3 Å². The Morgan fingerprint density at radius 2 is 0.830 bits per heavy atom. The van der Waals surface area contributed by atoms with Gasteiger partial charge in [-0.2, -0.15) is 25.4 Å². The van der Waals surface area contributed by atoms with Gasteiger partial charge in [0.2, 0.25) is 0 Å². The Morgan fingerprint density at radius 1 is 0.456 bits per heavy atom. The average Bonchev–Trinajstić information content (AvgIpc) is 1.59. The number of hydrogen-bond donors (Lipinski definition) is 5. The predicted octanol–water partition coefficient (Wildman–Crippen LogP) is 15.9. The zero-order valence-electron chi connectivity index (χ0n) is 80.1. The highest BCUT2D eigenvalue weighted by Crippen LogP contribution is 2.43. The molecule has 5 N–H and O–H groups in total. The number of allylic oxidation sites excluding steroid dienone is 12. The minimum Gasteiger partial charge on any atom is -0.331 e. The summed E-state index contributed by atoms with van der Waals surface area (Å²) in [5, 5.41) is 36.9. The van der Waals surface area contributed by atoms with Crippen LogP contribution in [0.15, 0.2) is 229 Å². The van der Waals surface area contributed by atoms with Gasteiger partial charge in [0, 0.05) is 220 Å². The molecule has 147 heavy (non-hydrogen) atoms. The summed E-state index contributed by atoms with van der Waals surface area (Å²) in [6.45, 7) is 7.89. The summed E-state index contributed by atoms with van der Waals surface area (Å²) in [6, 6.07) is 40.3. The molecule has 758 valence electrons. The molecule has 0 bridgehead atoms. The lowest BCUT2D eigenvalue weighted by molar-refractivity contribution is -0.385. The fourth-order valence-electron chi connectivity index (χ4n) is 16.8. The van der Waals surface area contributed by atoms with Gasteiger partial charge in [0.25, 0.3) is 46.3 Å². The smallest absolute Gasteiger partial charge is 0.303 e. The Kier molecular flexibility index (Phi) is 32.1. The molecule has 36 nitrogen and oxygen atoms in total. The van der Waals surface area contributed by atoms with Crippen molar-refractivity contribution in [3.05, 3.63) is 378 Å². The first-order valence-electron chi connectivity index (χ1n) is 44.7. The molecule has 0 fully saturated rings. The molecule has 45 heteroatoms. The van der Waals surface area contributed by atoms with Crippen LogP contribution in [0.3, 0.4) is 0 Å². The number of aryl methyl sites for hydroxylation is 4. The number of rotatable bonds is 27. The van der Waals surface area contributed by atoms with Crippen molar-refractivity contribution in [3.63, 3.8) is 0 Å². The highest BCUT2D eigenvalue weighted by molar-refractivity contribution is 7.88. The minimum atomic E-state index is -4.24. The van der Waals surface area contributed by atoms with Crippen molar-refractivity contribution in [2.75, 3.05) is 48.0 Å². The number of hydrogen-bond acceptors (Lipinski definition) is 21. The summed E-state index contributed by atoms with van der Waals surface area (Å²) in [4.78, 5) is 145. The second-order valence-corrected chi connectivity index (χ2v) is 41.5. The summed E-state index contributed by atoms with van der Waals surface area (Å²) in [7, 11) is -2.04. The number of H-pyrrole nitrogens is 1. The van der Waals surface area contributed by atoms with Gasteiger partial charge in [0.15, 0.2) is 28.5 Å². The number of aromatic nitrogens is 6. The summed E-state index contributed by atoms with van der Waals surface area (Å²) < 4.78 is 152. The highest BCUT2D eigenvalue weighted by Gasteiger charge is 2.37. The number of benzene rings is 8. The van der Waals surface area contributed by atoms with Gasteiger partial charge in [-0.1, -0.05) is 126 Å². The molecule has 6 heterocycles. The highest BCUT2D eigenvalue weighted by atomic mass is 35.5. The van der Waals surface area contributed by atoms with Crippen molar-refractivity contribution in [1.82, 2.24) is 60.0 Å². The van der Waals surface area contributed by atoms with E-state index in [1.54, 1.807) is 118 Å². The van der Waals surface area contributed by atoms with Crippen LogP contribution in [0.25, 0.3) is 82.4 Å². The van der Waals surface area contributed by atoms with Crippen molar-refractivity contribution >= 4 is 183 Å². The first kappa shape index (κ1) is 107. The van der Waals surface area contributed by atoms with Crippen LogP contribution in [0.4, 0.5) is 34.6 Å². The van der Waals surface area contributed by atoms with E-state index in [9.17, 15) is 112 Å². The molecule has 6 aromatic heterocycles. The Hall–Kier alpha value is -16.1. The summed E-state index contributed by atoms with van der Waals surface area (Å²) >= 11 is 4.66. The van der Waals surface area contributed by atoms with Gasteiger partial charge in [-0.15, -0.1) is 0 Å². The fraction of sp³-hybridized carbons (Fsp3) is 0.186. The molecule has 17 rings (SSSR count). The van der Waals surface area contributed by atoms with Crippen molar-refractivity contribution in [2.45, 2.75) is 80.1 Å². The van der Waals surface area contributed by atoms with Crippen molar-refractivity contribution < 1.29 is 91.1 Å². The number of aromatic amines is 1. The quantitative estimate of drug-likeness (QED) is 0.0138. The normalized spacial score (nSPS) is 13.5. The van der Waals surface area contributed by atoms with Crippen LogP contribution in [-0.2, 0) is 83.1 Å². The lowest BCUT2D eigenvalue weighted by Gasteiger charge is -2.17. The molecule has 2 unspecified atom stereocenters. The number of amides is 4. The Bertz CT molecular complexity index is 8510. The van der Waals surface area contributed by atoms with E-state index < -0.39 is 110 Å². The van der Waals surface area contributed by atoms with E-state index in [0.29, 0.717) is 82.5 Å². The molecule has 0 spiro atoms. The number of ketones is 3. The zero-order valence-corrected chi connectivity index (χ0v) is 84.1. The van der Waals surface area contributed by atoms with Crippen LogP contribution < -0.4 is 24.4 Å². The number of halogens is 5. The maximum atomic E-state index is 14.9. The van der Waals surface area contributed by atoms with Gasteiger partial charge in [-0.3, -0.25) is 78.1 Å². The maximum Gasteiger partial charge on any atom is 0.303 e. The minimum absolute atomic E-state index is 0.00210. The SMILES string of the molecule is CCS(=O)NC(=O)c1c(C2=CC=CCC2=O)c2cc(C)ccc2n1Cc1cc([N+](=O)[O-])ccc1F.Cc1cc2c(C3=CC=CCC3=O)c(C(=O)NS(=O)(=O)N(C)C)n(Cc3cc4ccccc4nc3Cl)c2cc1F.Cc1ccc2c(c1)c(-c1ccc[nH]c1=O)c(C(=O)NS(=O)(=O)N(C)C)n2Cc1cc([N+](=O)[O-])ccc1F.Cc1ccc2c(c1)c(C1=CC=CCC1=O)c(C(=O)NS(=O)N(C)C)n2Cc1cc([N+](=O)[O-])ccc1F. The number of Topliss-reactive ketones (excluding diaryl/α,β-unsaturated/α-hetero) is 3. The molecular weight excluding hydrogens is 2010 g/mol. The van der Waals surface area contributed by atoms with Crippen molar-refractivity contribution in [2.24, 2.45) is 0 Å². The lowest BCUT2D eigenvalue weighted by Crippen LogP contribution is -2.40. The number of nitrogens with zero attached hydrogens (tertiary/aromatic N) is 11. The van der Waals surface area contributed by atoms with Crippen LogP contribution >= 0.6 is 11.6 Å². The van der Waals surface area contributed by atoms with E-state index in [0.717, 1.165) is 85.3 Å². The van der Waals surface area contributed by atoms with E-state index in [1.807, 2.05) is 73.2 Å². The number of fused-ring (bicyclic) bond motifs is 5. The molecule has 3 aliphatic rings. The van der Waals surface area contributed by atoms with Crippen molar-refractivity contribution in [3.8, 4) is 11.1 Å². The number of nitro benzene ring substituents is 3. The monoisotopic (exact) mass is 2100 g/mol. The number of carbonyl (C=O) groups is 7. The number of nitrogens with one attached hydrogen (secondary N) is 5. The Labute approximate surface area is 846 Å². The third-order valence-corrected chi connectivity index (χ3v) is 29.0. The molecule has 8 aromatic carbocycles. The lowest BCUT2D eigenvalue weighted by atomic mass is 9.93. The van der Waals surface area contributed by atoms with Gasteiger partial charge in [0.05, 0.1) is 52.0 Å². The molecule has 14 aromatic rings. The van der Waals surface area contributed by atoms with Crippen LogP contribution in [0.5, 0.6) is 0 Å². The van der Waals surface area contributed by atoms with E-state index in [-0.39, 0.29) is 152 Å². The van der Waals surface area contributed by atoms with Gasteiger partial charge in [0.1, 0.15) is 62.2 Å². The number of carbonyl (C=O) groups excluding carboxylic acids is 7. The second kappa shape index (κ2) is 44.2. The number of para-hydroxylation sites is 1. The molecule has 0 saturated heterocycles.